The minimum Gasteiger partial charge on any atom is -0.497 e. The molecule has 21 heavy (non-hydrogen) atoms. The number of rotatable bonds is 8. The molecule has 0 amide bonds. The van der Waals surface area contributed by atoms with Crippen LogP contribution in [0.4, 0.5) is 0 Å². The molecular weight excluding hydrogens is 260 g/mol. The van der Waals surface area contributed by atoms with Gasteiger partial charge in [0.2, 0.25) is 0 Å². The van der Waals surface area contributed by atoms with Crippen LogP contribution < -0.4 is 10.1 Å². The Kier molecular flexibility index (Phi) is 6.03. The zero-order chi connectivity index (χ0) is 15.1. The molecule has 0 saturated heterocycles. The molecule has 1 N–H and O–H groups in total. The number of benzene rings is 2. The summed E-state index contributed by atoms with van der Waals surface area (Å²) in [6.45, 7) is 3.18. The summed E-state index contributed by atoms with van der Waals surface area (Å²) in [4.78, 5) is 2.23. The number of hydrogen-bond acceptors (Lipinski definition) is 3. The SMILES string of the molecule is COc1ccc2cc(CNCCCCN(C)C)ccc2c1. The minimum absolute atomic E-state index is 0.911. The summed E-state index contributed by atoms with van der Waals surface area (Å²) in [5.41, 5.74) is 1.33. The van der Waals surface area contributed by atoms with Crippen LogP contribution in [-0.4, -0.2) is 39.2 Å². The van der Waals surface area contributed by atoms with E-state index in [9.17, 15) is 0 Å². The van der Waals surface area contributed by atoms with E-state index in [1.54, 1.807) is 7.11 Å². The summed E-state index contributed by atoms with van der Waals surface area (Å²) in [7, 11) is 5.95. The van der Waals surface area contributed by atoms with Crippen molar-refractivity contribution in [2.24, 2.45) is 0 Å². The molecule has 0 aromatic heterocycles. The Labute approximate surface area is 127 Å². The van der Waals surface area contributed by atoms with Crippen LogP contribution in [0.2, 0.25) is 0 Å². The number of hydrogen-bond donors (Lipinski definition) is 1. The summed E-state index contributed by atoms with van der Waals surface area (Å²) in [5, 5.41) is 6.01. The van der Waals surface area contributed by atoms with Gasteiger partial charge in [-0.25, -0.2) is 0 Å². The summed E-state index contributed by atoms with van der Waals surface area (Å²) in [6, 6.07) is 12.8. The van der Waals surface area contributed by atoms with Crippen molar-refractivity contribution in [2.75, 3.05) is 34.3 Å². The van der Waals surface area contributed by atoms with Gasteiger partial charge in [0.15, 0.2) is 0 Å². The van der Waals surface area contributed by atoms with Gasteiger partial charge in [0.1, 0.15) is 5.75 Å². The first-order chi connectivity index (χ1) is 10.2. The van der Waals surface area contributed by atoms with Gasteiger partial charge in [-0.15, -0.1) is 0 Å². The molecule has 0 unspecified atom stereocenters. The molecule has 0 heterocycles. The summed E-state index contributed by atoms with van der Waals surface area (Å²) < 4.78 is 5.26. The highest BCUT2D eigenvalue weighted by Crippen LogP contribution is 2.21. The molecule has 0 fully saturated rings. The fourth-order valence-electron chi connectivity index (χ4n) is 2.42. The highest BCUT2D eigenvalue weighted by atomic mass is 16.5. The first-order valence-corrected chi connectivity index (χ1v) is 7.61. The lowest BCUT2D eigenvalue weighted by Gasteiger charge is -2.10. The van der Waals surface area contributed by atoms with Crippen molar-refractivity contribution in [3.63, 3.8) is 0 Å². The Morgan fingerprint density at radius 1 is 1.00 bits per heavy atom. The lowest BCUT2D eigenvalue weighted by Crippen LogP contribution is -2.18. The molecule has 2 aromatic rings. The number of unbranched alkanes of at least 4 members (excludes halogenated alkanes) is 1. The zero-order valence-corrected chi connectivity index (χ0v) is 13.4. The quantitative estimate of drug-likeness (QED) is 0.754. The van der Waals surface area contributed by atoms with Gasteiger partial charge in [-0.2, -0.15) is 0 Å². The fraction of sp³-hybridized carbons (Fsp3) is 0.444. The van der Waals surface area contributed by atoms with Crippen molar-refractivity contribution >= 4 is 10.8 Å². The molecule has 2 aromatic carbocycles. The molecule has 3 heteroatoms. The fourth-order valence-corrected chi connectivity index (χ4v) is 2.42. The summed E-state index contributed by atoms with van der Waals surface area (Å²) in [5.74, 6) is 0.911. The zero-order valence-electron chi connectivity index (χ0n) is 13.4. The average Bonchev–Trinajstić information content (AvgIpc) is 2.49. The maximum atomic E-state index is 5.26. The van der Waals surface area contributed by atoms with Crippen molar-refractivity contribution in [1.29, 1.82) is 0 Å². The van der Waals surface area contributed by atoms with Crippen molar-refractivity contribution in [3.8, 4) is 5.75 Å². The molecule has 0 saturated carbocycles. The van der Waals surface area contributed by atoms with E-state index in [0.717, 1.165) is 18.8 Å². The molecule has 0 aliphatic carbocycles. The highest BCUT2D eigenvalue weighted by Gasteiger charge is 1.99. The summed E-state index contributed by atoms with van der Waals surface area (Å²) in [6.07, 6.45) is 2.47. The van der Waals surface area contributed by atoms with Crippen molar-refractivity contribution in [1.82, 2.24) is 10.2 Å². The Balaban J connectivity index is 1.82. The van der Waals surface area contributed by atoms with E-state index in [-0.39, 0.29) is 0 Å². The second-order valence-corrected chi connectivity index (χ2v) is 5.73. The van der Waals surface area contributed by atoms with Gasteiger partial charge in [-0.3, -0.25) is 0 Å². The Bertz CT molecular complexity index is 566. The third-order valence-electron chi connectivity index (χ3n) is 3.65. The molecule has 0 atom stereocenters. The lowest BCUT2D eigenvalue weighted by molar-refractivity contribution is 0.391. The van der Waals surface area contributed by atoms with E-state index in [1.807, 2.05) is 6.07 Å². The molecule has 0 aliphatic rings. The van der Waals surface area contributed by atoms with Gasteiger partial charge < -0.3 is 15.0 Å². The van der Waals surface area contributed by atoms with Crippen molar-refractivity contribution in [2.45, 2.75) is 19.4 Å². The minimum atomic E-state index is 0.911. The van der Waals surface area contributed by atoms with Gasteiger partial charge in [-0.05, 0) is 74.6 Å². The Morgan fingerprint density at radius 2 is 1.76 bits per heavy atom. The van der Waals surface area contributed by atoms with E-state index in [0.29, 0.717) is 0 Å². The second-order valence-electron chi connectivity index (χ2n) is 5.73. The van der Waals surface area contributed by atoms with Gasteiger partial charge in [0.25, 0.3) is 0 Å². The third kappa shape index (κ3) is 5.03. The normalized spacial score (nSPS) is 11.2. The topological polar surface area (TPSA) is 24.5 Å². The van der Waals surface area contributed by atoms with Crippen LogP contribution >= 0.6 is 0 Å². The lowest BCUT2D eigenvalue weighted by atomic mass is 10.1. The van der Waals surface area contributed by atoms with Crippen LogP contribution in [0.25, 0.3) is 10.8 Å². The first-order valence-electron chi connectivity index (χ1n) is 7.61. The molecule has 0 spiro atoms. The van der Waals surface area contributed by atoms with Gasteiger partial charge in [0.05, 0.1) is 7.11 Å². The average molecular weight is 286 g/mol. The Hall–Kier alpha value is -1.58. The van der Waals surface area contributed by atoms with Crippen LogP contribution in [0.1, 0.15) is 18.4 Å². The first kappa shape index (κ1) is 15.8. The van der Waals surface area contributed by atoms with Crippen molar-refractivity contribution < 1.29 is 4.74 Å². The number of ether oxygens (including phenoxy) is 1. The molecule has 0 aliphatic heterocycles. The Morgan fingerprint density at radius 3 is 2.52 bits per heavy atom. The van der Waals surface area contributed by atoms with Gasteiger partial charge in [0, 0.05) is 6.54 Å². The van der Waals surface area contributed by atoms with Crippen molar-refractivity contribution in [3.05, 3.63) is 42.0 Å². The van der Waals surface area contributed by atoms with E-state index < -0.39 is 0 Å². The van der Waals surface area contributed by atoms with Crippen LogP contribution in [-0.2, 0) is 6.54 Å². The standard InChI is InChI=1S/C18H26N2O/c1-20(2)11-5-4-10-19-14-15-6-7-17-13-18(21-3)9-8-16(17)12-15/h6-9,12-13,19H,4-5,10-11,14H2,1-3H3. The highest BCUT2D eigenvalue weighted by molar-refractivity contribution is 5.84. The van der Waals surface area contributed by atoms with Crippen LogP contribution in [0.5, 0.6) is 5.75 Å². The van der Waals surface area contributed by atoms with E-state index >= 15 is 0 Å². The molecule has 0 radical (unpaired) electrons. The van der Waals surface area contributed by atoms with E-state index in [4.69, 9.17) is 4.74 Å². The maximum absolute atomic E-state index is 5.26. The van der Waals surface area contributed by atoms with Crippen LogP contribution in [0.15, 0.2) is 36.4 Å². The third-order valence-corrected chi connectivity index (χ3v) is 3.65. The maximum Gasteiger partial charge on any atom is 0.119 e. The molecule has 114 valence electrons. The number of nitrogens with one attached hydrogen (secondary N) is 1. The molecule has 2 rings (SSSR count). The monoisotopic (exact) mass is 286 g/mol. The van der Waals surface area contributed by atoms with E-state index in [2.05, 4.69) is 54.6 Å². The largest absolute Gasteiger partial charge is 0.497 e. The molecule has 3 nitrogen and oxygen atoms in total. The second kappa shape index (κ2) is 8.01. The van der Waals surface area contributed by atoms with E-state index in [1.165, 1.54) is 35.7 Å². The number of fused-ring (bicyclic) bond motifs is 1. The smallest absolute Gasteiger partial charge is 0.119 e. The predicted molar refractivity (Wildman–Crippen MR) is 90.0 cm³/mol. The predicted octanol–water partition coefficient (Wildman–Crippen LogP) is 3.28. The summed E-state index contributed by atoms with van der Waals surface area (Å²) >= 11 is 0. The number of methoxy groups -OCH3 is 1. The number of nitrogens with zero attached hydrogens (tertiary/aromatic N) is 1. The molecular formula is C18H26N2O. The van der Waals surface area contributed by atoms with Crippen LogP contribution in [0.3, 0.4) is 0 Å². The van der Waals surface area contributed by atoms with Crippen LogP contribution in [0, 0.1) is 0 Å². The molecule has 0 bridgehead atoms. The van der Waals surface area contributed by atoms with Gasteiger partial charge >= 0.3 is 0 Å². The van der Waals surface area contributed by atoms with Gasteiger partial charge in [-0.1, -0.05) is 18.2 Å².